The highest BCUT2D eigenvalue weighted by Crippen LogP contribution is 2.33. The van der Waals surface area contributed by atoms with Gasteiger partial charge in [0.25, 0.3) is 0 Å². The Kier molecular flexibility index (Phi) is 5.35. The number of hydrogen-bond acceptors (Lipinski definition) is 5. The van der Waals surface area contributed by atoms with Gasteiger partial charge < -0.3 is 0 Å². The molecule has 1 aromatic carbocycles. The fourth-order valence-electron chi connectivity index (χ4n) is 4.00. The third-order valence-electron chi connectivity index (χ3n) is 5.69. The maximum absolute atomic E-state index is 13.1. The van der Waals surface area contributed by atoms with E-state index in [1.807, 2.05) is 6.92 Å². The van der Waals surface area contributed by atoms with Crippen molar-refractivity contribution in [2.75, 3.05) is 25.0 Å². The number of halogens is 1. The van der Waals surface area contributed by atoms with E-state index in [4.69, 9.17) is 11.6 Å². The monoisotopic (exact) mass is 434 g/mol. The van der Waals surface area contributed by atoms with E-state index in [1.54, 1.807) is 24.1 Å². The first kappa shape index (κ1) is 20.3. The number of benzene rings is 1. The van der Waals surface area contributed by atoms with Crippen molar-refractivity contribution in [3.8, 4) is 0 Å². The zero-order chi connectivity index (χ0) is 20.8. The van der Waals surface area contributed by atoms with Crippen LogP contribution < -0.4 is 4.90 Å². The van der Waals surface area contributed by atoms with Crippen LogP contribution in [-0.2, 0) is 21.2 Å². The number of aromatic nitrogens is 2. The normalized spacial score (nSPS) is 20.6. The maximum atomic E-state index is 13.1. The lowest BCUT2D eigenvalue weighted by atomic mass is 9.97. The summed E-state index contributed by atoms with van der Waals surface area (Å²) >= 11 is 5.89. The molecule has 29 heavy (non-hydrogen) atoms. The van der Waals surface area contributed by atoms with Gasteiger partial charge >= 0.3 is 0 Å². The standard InChI is InChI=1S/C20H23ClN4O3S/c1-13-17-9-10-18(26)24(2)20(17)23-19(22-13)14-4-3-11-25(12-14)29(27,28)16-7-5-15(21)6-8-16/h5-8,14H,3-4,9-12H2,1-2H3. The fourth-order valence-corrected chi connectivity index (χ4v) is 5.65. The number of hydrogen-bond donors (Lipinski definition) is 0. The van der Waals surface area contributed by atoms with Crippen molar-refractivity contribution in [2.24, 2.45) is 0 Å². The molecule has 2 aromatic rings. The minimum atomic E-state index is -3.61. The van der Waals surface area contributed by atoms with Crippen molar-refractivity contribution in [3.63, 3.8) is 0 Å². The number of rotatable bonds is 3. The van der Waals surface area contributed by atoms with Crippen molar-refractivity contribution < 1.29 is 13.2 Å². The Morgan fingerprint density at radius 1 is 1.14 bits per heavy atom. The summed E-state index contributed by atoms with van der Waals surface area (Å²) in [6.45, 7) is 2.71. The van der Waals surface area contributed by atoms with E-state index in [2.05, 4.69) is 9.97 Å². The van der Waals surface area contributed by atoms with Gasteiger partial charge in [0.1, 0.15) is 11.6 Å². The number of piperidine rings is 1. The number of aryl methyl sites for hydroxylation is 1. The van der Waals surface area contributed by atoms with Crippen molar-refractivity contribution in [3.05, 3.63) is 46.4 Å². The molecule has 1 fully saturated rings. The van der Waals surface area contributed by atoms with Crippen LogP contribution in [0.15, 0.2) is 29.2 Å². The average molecular weight is 435 g/mol. The van der Waals surface area contributed by atoms with Crippen LogP contribution in [-0.4, -0.2) is 48.7 Å². The van der Waals surface area contributed by atoms with Gasteiger partial charge in [-0.1, -0.05) is 11.6 Å². The van der Waals surface area contributed by atoms with Crippen LogP contribution in [0, 0.1) is 6.92 Å². The number of amides is 1. The number of nitrogens with zero attached hydrogens (tertiary/aromatic N) is 4. The van der Waals surface area contributed by atoms with Crippen molar-refractivity contribution in [2.45, 2.75) is 43.4 Å². The zero-order valence-corrected chi connectivity index (χ0v) is 18.0. The largest absolute Gasteiger partial charge is 0.300 e. The summed E-state index contributed by atoms with van der Waals surface area (Å²) in [6, 6.07) is 6.22. The SMILES string of the molecule is Cc1nc(C2CCCN(S(=O)(=O)c3ccc(Cl)cc3)C2)nc2c1CCC(=O)N2C. The number of carbonyl (C=O) groups excluding carboxylic acids is 1. The van der Waals surface area contributed by atoms with Gasteiger partial charge in [0.2, 0.25) is 15.9 Å². The minimum Gasteiger partial charge on any atom is -0.300 e. The zero-order valence-electron chi connectivity index (χ0n) is 16.4. The molecule has 1 atom stereocenters. The number of anilines is 1. The Hall–Kier alpha value is -2.03. The molecular weight excluding hydrogens is 412 g/mol. The number of fused-ring (bicyclic) bond motifs is 1. The predicted molar refractivity (Wildman–Crippen MR) is 111 cm³/mol. The third-order valence-corrected chi connectivity index (χ3v) is 7.82. The Balaban J connectivity index is 1.63. The lowest BCUT2D eigenvalue weighted by Crippen LogP contribution is -2.40. The molecule has 0 radical (unpaired) electrons. The van der Waals surface area contributed by atoms with Gasteiger partial charge in [0, 0.05) is 48.8 Å². The van der Waals surface area contributed by atoms with E-state index in [9.17, 15) is 13.2 Å². The summed E-state index contributed by atoms with van der Waals surface area (Å²) in [4.78, 5) is 23.3. The molecule has 0 aliphatic carbocycles. The quantitative estimate of drug-likeness (QED) is 0.741. The second kappa shape index (κ2) is 7.66. The molecule has 3 heterocycles. The summed E-state index contributed by atoms with van der Waals surface area (Å²) < 4.78 is 27.6. The molecule has 154 valence electrons. The van der Waals surface area contributed by atoms with Crippen molar-refractivity contribution in [1.29, 1.82) is 0 Å². The topological polar surface area (TPSA) is 83.5 Å². The molecule has 0 saturated carbocycles. The molecule has 0 N–H and O–H groups in total. The smallest absolute Gasteiger partial charge is 0.243 e. The van der Waals surface area contributed by atoms with Crippen LogP contribution in [0.3, 0.4) is 0 Å². The molecular formula is C20H23ClN4O3S. The van der Waals surface area contributed by atoms with Gasteiger partial charge in [-0.3, -0.25) is 9.69 Å². The second-order valence-electron chi connectivity index (χ2n) is 7.58. The lowest BCUT2D eigenvalue weighted by molar-refractivity contribution is -0.118. The first-order valence-electron chi connectivity index (χ1n) is 9.67. The molecule has 1 amide bonds. The van der Waals surface area contributed by atoms with Gasteiger partial charge in [-0.25, -0.2) is 18.4 Å². The fraction of sp³-hybridized carbons (Fsp3) is 0.450. The number of carbonyl (C=O) groups is 1. The summed E-state index contributed by atoms with van der Waals surface area (Å²) in [7, 11) is -1.88. The van der Waals surface area contributed by atoms with Crippen LogP contribution in [0.4, 0.5) is 5.82 Å². The van der Waals surface area contributed by atoms with E-state index in [1.165, 1.54) is 16.4 Å². The summed E-state index contributed by atoms with van der Waals surface area (Å²) in [6.07, 6.45) is 2.64. The maximum Gasteiger partial charge on any atom is 0.243 e. The Morgan fingerprint density at radius 2 is 1.86 bits per heavy atom. The number of sulfonamides is 1. The van der Waals surface area contributed by atoms with Crippen LogP contribution in [0.5, 0.6) is 0 Å². The predicted octanol–water partition coefficient (Wildman–Crippen LogP) is 2.92. The highest BCUT2D eigenvalue weighted by atomic mass is 35.5. The molecule has 1 unspecified atom stereocenters. The van der Waals surface area contributed by atoms with Crippen LogP contribution in [0.25, 0.3) is 0 Å². The van der Waals surface area contributed by atoms with E-state index in [-0.39, 0.29) is 16.7 Å². The van der Waals surface area contributed by atoms with Crippen molar-refractivity contribution in [1.82, 2.24) is 14.3 Å². The highest BCUT2D eigenvalue weighted by Gasteiger charge is 2.33. The van der Waals surface area contributed by atoms with Gasteiger partial charge in [-0.2, -0.15) is 4.31 Å². The van der Waals surface area contributed by atoms with Crippen molar-refractivity contribution >= 4 is 33.3 Å². The lowest BCUT2D eigenvalue weighted by Gasteiger charge is -2.32. The van der Waals surface area contributed by atoms with Gasteiger partial charge in [0.15, 0.2) is 0 Å². The molecule has 1 aromatic heterocycles. The first-order valence-corrected chi connectivity index (χ1v) is 11.5. The van der Waals surface area contributed by atoms with E-state index < -0.39 is 10.0 Å². The molecule has 4 rings (SSSR count). The van der Waals surface area contributed by atoms with Gasteiger partial charge in [0.05, 0.1) is 4.90 Å². The van der Waals surface area contributed by atoms with Gasteiger partial charge in [-0.15, -0.1) is 0 Å². The minimum absolute atomic E-state index is 0.0390. The summed E-state index contributed by atoms with van der Waals surface area (Å²) in [5, 5.41) is 0.497. The van der Waals surface area contributed by atoms with E-state index >= 15 is 0 Å². The average Bonchev–Trinajstić information content (AvgIpc) is 2.71. The van der Waals surface area contributed by atoms with Crippen LogP contribution >= 0.6 is 11.6 Å². The summed E-state index contributed by atoms with van der Waals surface area (Å²) in [5.74, 6) is 1.19. The van der Waals surface area contributed by atoms with Crippen LogP contribution in [0.1, 0.15) is 42.3 Å². The summed E-state index contributed by atoms with van der Waals surface area (Å²) in [5.41, 5.74) is 1.86. The molecule has 0 bridgehead atoms. The molecule has 0 spiro atoms. The second-order valence-corrected chi connectivity index (χ2v) is 9.95. The van der Waals surface area contributed by atoms with Gasteiger partial charge in [-0.05, 0) is 50.5 Å². The Bertz CT molecular complexity index is 1060. The first-order chi connectivity index (χ1) is 13.8. The Labute approximate surface area is 175 Å². The van der Waals surface area contributed by atoms with E-state index in [0.717, 1.165) is 24.1 Å². The molecule has 7 nitrogen and oxygen atoms in total. The highest BCUT2D eigenvalue weighted by molar-refractivity contribution is 7.89. The third kappa shape index (κ3) is 3.76. The Morgan fingerprint density at radius 3 is 2.59 bits per heavy atom. The molecule has 2 aliphatic rings. The molecule has 9 heteroatoms. The van der Waals surface area contributed by atoms with Crippen LogP contribution in [0.2, 0.25) is 5.02 Å². The molecule has 1 saturated heterocycles. The van der Waals surface area contributed by atoms with E-state index in [0.29, 0.717) is 42.6 Å². The molecule has 2 aliphatic heterocycles.